The van der Waals surface area contributed by atoms with Crippen molar-refractivity contribution in [1.82, 2.24) is 5.32 Å². The van der Waals surface area contributed by atoms with Crippen LogP contribution in [0.15, 0.2) is 32.5 Å². The van der Waals surface area contributed by atoms with E-state index < -0.39 is 0 Å². The number of halogens is 4. The van der Waals surface area contributed by atoms with Crippen LogP contribution in [0.1, 0.15) is 29.8 Å². The molecule has 0 aliphatic rings. The highest BCUT2D eigenvalue weighted by atomic mass is 79.9. The maximum Gasteiger partial charge on any atom is 0.126 e. The number of hydrogen-bond acceptors (Lipinski definition) is 2. The molecular weight excluding hydrogens is 440 g/mol. The van der Waals surface area contributed by atoms with Crippen molar-refractivity contribution in [3.05, 3.63) is 53.8 Å². The Labute approximate surface area is 150 Å². The SMILES string of the molecule is CCCNC(Cc1cc(Cl)ccc1F)c1cc(Br)c(Br)s1. The molecule has 6 heteroatoms. The molecule has 0 saturated heterocycles. The Morgan fingerprint density at radius 1 is 1.33 bits per heavy atom. The van der Waals surface area contributed by atoms with Gasteiger partial charge in [-0.3, -0.25) is 0 Å². The Hall–Kier alpha value is 0.0600. The third kappa shape index (κ3) is 4.76. The Bertz CT molecular complexity index is 598. The fourth-order valence-corrected chi connectivity index (χ4v) is 4.41. The van der Waals surface area contributed by atoms with E-state index in [-0.39, 0.29) is 11.9 Å². The van der Waals surface area contributed by atoms with Gasteiger partial charge in [-0.25, -0.2) is 4.39 Å². The summed E-state index contributed by atoms with van der Waals surface area (Å²) in [6.07, 6.45) is 1.61. The molecule has 1 aromatic carbocycles. The molecule has 1 N–H and O–H groups in total. The summed E-state index contributed by atoms with van der Waals surface area (Å²) in [5.74, 6) is -0.211. The van der Waals surface area contributed by atoms with Crippen molar-refractivity contribution in [2.75, 3.05) is 6.54 Å². The molecule has 2 aromatic rings. The van der Waals surface area contributed by atoms with E-state index in [9.17, 15) is 4.39 Å². The molecule has 21 heavy (non-hydrogen) atoms. The maximum atomic E-state index is 14.0. The van der Waals surface area contributed by atoms with Crippen LogP contribution < -0.4 is 5.32 Å². The lowest BCUT2D eigenvalue weighted by Crippen LogP contribution is -2.23. The number of hydrogen-bond donors (Lipinski definition) is 1. The van der Waals surface area contributed by atoms with E-state index in [0.29, 0.717) is 17.0 Å². The van der Waals surface area contributed by atoms with E-state index in [1.165, 1.54) is 10.9 Å². The van der Waals surface area contributed by atoms with Gasteiger partial charge >= 0.3 is 0 Å². The Morgan fingerprint density at radius 2 is 2.10 bits per heavy atom. The first-order chi connectivity index (χ1) is 10.0. The number of rotatable bonds is 6. The molecule has 1 nitrogen and oxygen atoms in total. The predicted octanol–water partition coefficient (Wildman–Crippen LogP) is 6.35. The van der Waals surface area contributed by atoms with E-state index in [1.54, 1.807) is 23.5 Å². The summed E-state index contributed by atoms with van der Waals surface area (Å²) in [5, 5.41) is 4.04. The maximum absolute atomic E-state index is 14.0. The van der Waals surface area contributed by atoms with Crippen molar-refractivity contribution >= 4 is 54.8 Å². The third-order valence-corrected chi connectivity index (χ3v) is 6.69. The lowest BCUT2D eigenvalue weighted by atomic mass is 10.0. The molecule has 0 radical (unpaired) electrons. The molecule has 0 aliphatic carbocycles. The molecule has 1 atom stereocenters. The van der Waals surface area contributed by atoms with E-state index in [0.717, 1.165) is 21.2 Å². The molecule has 1 heterocycles. The van der Waals surface area contributed by atoms with Crippen LogP contribution in [0, 0.1) is 5.82 Å². The molecule has 0 spiro atoms. The first-order valence-electron chi connectivity index (χ1n) is 6.63. The van der Waals surface area contributed by atoms with Crippen LogP contribution >= 0.6 is 54.8 Å². The van der Waals surface area contributed by atoms with Gasteiger partial charge in [0.05, 0.1) is 3.79 Å². The molecule has 0 bridgehead atoms. The normalized spacial score (nSPS) is 12.6. The second-order valence-electron chi connectivity index (χ2n) is 4.72. The second kappa shape index (κ2) is 8.06. The largest absolute Gasteiger partial charge is 0.309 e. The van der Waals surface area contributed by atoms with Crippen LogP contribution in [0.5, 0.6) is 0 Å². The molecule has 0 fully saturated rings. The minimum absolute atomic E-state index is 0.0746. The van der Waals surface area contributed by atoms with Crippen LogP contribution in [0.4, 0.5) is 4.39 Å². The number of benzene rings is 1. The first-order valence-corrected chi connectivity index (χ1v) is 9.41. The molecule has 0 amide bonds. The van der Waals surface area contributed by atoms with Crippen LogP contribution in [-0.4, -0.2) is 6.54 Å². The van der Waals surface area contributed by atoms with Gasteiger partial charge in [-0.15, -0.1) is 11.3 Å². The Morgan fingerprint density at radius 3 is 2.71 bits per heavy atom. The number of nitrogens with one attached hydrogen (secondary N) is 1. The van der Waals surface area contributed by atoms with Crippen LogP contribution in [0.2, 0.25) is 5.02 Å². The van der Waals surface area contributed by atoms with Gasteiger partial charge in [-0.05, 0) is 81.1 Å². The summed E-state index contributed by atoms with van der Waals surface area (Å²) >= 11 is 14.7. The van der Waals surface area contributed by atoms with E-state index in [4.69, 9.17) is 11.6 Å². The van der Waals surface area contributed by atoms with Crippen LogP contribution in [0.3, 0.4) is 0 Å². The summed E-state index contributed by atoms with van der Waals surface area (Å²) < 4.78 is 16.0. The minimum atomic E-state index is -0.211. The summed E-state index contributed by atoms with van der Waals surface area (Å²) in [4.78, 5) is 1.17. The van der Waals surface area contributed by atoms with Crippen molar-refractivity contribution in [2.45, 2.75) is 25.8 Å². The molecule has 114 valence electrons. The highest BCUT2D eigenvalue weighted by molar-refractivity contribution is 9.13. The van der Waals surface area contributed by atoms with Gasteiger partial charge in [0.2, 0.25) is 0 Å². The molecule has 0 aliphatic heterocycles. The average molecular weight is 456 g/mol. The molecule has 2 rings (SSSR count). The summed E-state index contributed by atoms with van der Waals surface area (Å²) in [7, 11) is 0. The van der Waals surface area contributed by atoms with Crippen molar-refractivity contribution in [1.29, 1.82) is 0 Å². The van der Waals surface area contributed by atoms with Crippen molar-refractivity contribution in [3.63, 3.8) is 0 Å². The summed E-state index contributed by atoms with van der Waals surface area (Å²) in [5.41, 5.74) is 0.636. The lowest BCUT2D eigenvalue weighted by Gasteiger charge is -2.18. The van der Waals surface area contributed by atoms with Crippen molar-refractivity contribution < 1.29 is 4.39 Å². The summed E-state index contributed by atoms with van der Waals surface area (Å²) in [6, 6.07) is 6.85. The highest BCUT2D eigenvalue weighted by Crippen LogP contribution is 2.36. The van der Waals surface area contributed by atoms with E-state index in [1.807, 2.05) is 0 Å². The van der Waals surface area contributed by atoms with Gasteiger partial charge in [-0.1, -0.05) is 18.5 Å². The Kier molecular flexibility index (Phi) is 6.69. The first kappa shape index (κ1) is 17.4. The topological polar surface area (TPSA) is 12.0 Å². The standard InChI is InChI=1S/C15H15Br2ClFNS/c1-2-5-20-13(14-8-11(16)15(17)21-14)7-9-6-10(18)3-4-12(9)19/h3-4,6,8,13,20H,2,5,7H2,1H3. The minimum Gasteiger partial charge on any atom is -0.309 e. The average Bonchev–Trinajstić information content (AvgIpc) is 2.78. The van der Waals surface area contributed by atoms with Gasteiger partial charge < -0.3 is 5.32 Å². The van der Waals surface area contributed by atoms with Crippen LogP contribution in [-0.2, 0) is 6.42 Å². The zero-order valence-electron chi connectivity index (χ0n) is 11.4. The van der Waals surface area contributed by atoms with Gasteiger partial charge in [0.15, 0.2) is 0 Å². The zero-order chi connectivity index (χ0) is 15.4. The van der Waals surface area contributed by atoms with E-state index in [2.05, 4.69) is 50.2 Å². The predicted molar refractivity (Wildman–Crippen MR) is 95.9 cm³/mol. The third-order valence-electron chi connectivity index (χ3n) is 3.08. The quantitative estimate of drug-likeness (QED) is 0.535. The molecular formula is C15H15Br2ClFNS. The lowest BCUT2D eigenvalue weighted by molar-refractivity contribution is 0.519. The van der Waals surface area contributed by atoms with E-state index >= 15 is 0 Å². The van der Waals surface area contributed by atoms with Gasteiger partial charge in [-0.2, -0.15) is 0 Å². The summed E-state index contributed by atoms with van der Waals surface area (Å²) in [6.45, 7) is 3.00. The monoisotopic (exact) mass is 453 g/mol. The highest BCUT2D eigenvalue weighted by Gasteiger charge is 2.18. The smallest absolute Gasteiger partial charge is 0.126 e. The Balaban J connectivity index is 2.25. The fraction of sp³-hybridized carbons (Fsp3) is 0.333. The van der Waals surface area contributed by atoms with Gasteiger partial charge in [0.1, 0.15) is 5.82 Å². The van der Waals surface area contributed by atoms with Gasteiger partial charge in [0.25, 0.3) is 0 Å². The van der Waals surface area contributed by atoms with Gasteiger partial charge in [0, 0.05) is 20.4 Å². The molecule has 0 saturated carbocycles. The molecule has 1 aromatic heterocycles. The van der Waals surface area contributed by atoms with Crippen LogP contribution in [0.25, 0.3) is 0 Å². The second-order valence-corrected chi connectivity index (χ2v) is 8.41. The molecule has 1 unspecified atom stereocenters. The zero-order valence-corrected chi connectivity index (χ0v) is 16.2. The van der Waals surface area contributed by atoms with Crippen molar-refractivity contribution in [3.8, 4) is 0 Å². The number of thiophene rings is 1. The van der Waals surface area contributed by atoms with Crippen molar-refractivity contribution in [2.24, 2.45) is 0 Å². The fourth-order valence-electron chi connectivity index (χ4n) is 2.05.